The molecule has 0 heterocycles. The normalized spacial score (nSPS) is 12.0. The molecule has 1 atom stereocenters. The zero-order valence-corrected chi connectivity index (χ0v) is 56.1. The predicted molar refractivity (Wildman–Crippen MR) is 358 cm³/mol. The number of ether oxygens (including phenoxy) is 3. The molecule has 0 bridgehead atoms. The van der Waals surface area contributed by atoms with Crippen molar-refractivity contribution in [2.75, 3.05) is 13.2 Å². The van der Waals surface area contributed by atoms with Crippen molar-refractivity contribution >= 4 is 17.9 Å². The number of esters is 3. The van der Waals surface area contributed by atoms with Gasteiger partial charge in [-0.2, -0.15) is 0 Å². The van der Waals surface area contributed by atoms with Gasteiger partial charge >= 0.3 is 17.9 Å². The smallest absolute Gasteiger partial charge is 0.306 e. The SMILES string of the molecule is CCCCCCCCCC/C=C\CCCCCCCCCCCCCCCCCC(=O)OCC(COC(=O)CCCCCCCCCCCCC)OC(=O)CCCCCCCCCCCCCCCCCCCCCCCCCCCC. The minimum absolute atomic E-state index is 0.0624. The van der Waals surface area contributed by atoms with Crippen molar-refractivity contribution in [1.82, 2.24) is 0 Å². The van der Waals surface area contributed by atoms with E-state index in [0.717, 1.165) is 57.8 Å². The summed E-state index contributed by atoms with van der Waals surface area (Å²) in [7, 11) is 0. The van der Waals surface area contributed by atoms with E-state index in [1.54, 1.807) is 0 Å². The van der Waals surface area contributed by atoms with Gasteiger partial charge in [-0.1, -0.05) is 386 Å². The molecule has 6 nitrogen and oxygen atoms in total. The maximum absolute atomic E-state index is 13.0. The van der Waals surface area contributed by atoms with E-state index in [2.05, 4.69) is 32.9 Å². The Hall–Kier alpha value is -1.85. The van der Waals surface area contributed by atoms with Crippen molar-refractivity contribution < 1.29 is 28.6 Å². The molecular weight excluding hydrogens is 1010 g/mol. The summed E-state index contributed by atoms with van der Waals surface area (Å²) in [5.74, 6) is -0.825. The Morgan fingerprint density at radius 3 is 0.610 bits per heavy atom. The van der Waals surface area contributed by atoms with E-state index in [1.165, 1.54) is 340 Å². The second kappa shape index (κ2) is 71.6. The molecule has 82 heavy (non-hydrogen) atoms. The highest BCUT2D eigenvalue weighted by molar-refractivity contribution is 5.71. The van der Waals surface area contributed by atoms with E-state index < -0.39 is 6.10 Å². The van der Waals surface area contributed by atoms with Gasteiger partial charge in [0, 0.05) is 19.3 Å². The number of allylic oxidation sites excluding steroid dienone is 2. The molecule has 1 unspecified atom stereocenters. The summed E-state index contributed by atoms with van der Waals surface area (Å²) in [5.41, 5.74) is 0. The molecule has 0 spiro atoms. The third-order valence-corrected chi connectivity index (χ3v) is 17.5. The van der Waals surface area contributed by atoms with Gasteiger partial charge in [-0.3, -0.25) is 14.4 Å². The third-order valence-electron chi connectivity index (χ3n) is 17.5. The van der Waals surface area contributed by atoms with Crippen molar-refractivity contribution in [2.24, 2.45) is 0 Å². The molecule has 0 saturated carbocycles. The fraction of sp³-hybridized carbons (Fsp3) is 0.934. The number of carbonyl (C=O) groups is 3. The molecule has 6 heteroatoms. The van der Waals surface area contributed by atoms with Crippen LogP contribution in [-0.4, -0.2) is 37.2 Å². The minimum atomic E-state index is -0.765. The number of rotatable bonds is 71. The molecule has 0 fully saturated rings. The zero-order chi connectivity index (χ0) is 59.2. The van der Waals surface area contributed by atoms with Gasteiger partial charge in [0.2, 0.25) is 0 Å². The maximum Gasteiger partial charge on any atom is 0.306 e. The molecule has 0 saturated heterocycles. The summed E-state index contributed by atoms with van der Waals surface area (Å²) >= 11 is 0. The molecule has 0 aliphatic carbocycles. The lowest BCUT2D eigenvalue weighted by Gasteiger charge is -2.18. The summed E-state index contributed by atoms with van der Waals surface area (Å²) in [4.78, 5) is 38.4. The Morgan fingerprint density at radius 2 is 0.402 bits per heavy atom. The molecule has 0 aromatic carbocycles. The first-order chi connectivity index (χ1) is 40.5. The van der Waals surface area contributed by atoms with Gasteiger partial charge in [0.25, 0.3) is 0 Å². The first-order valence-electron chi connectivity index (χ1n) is 37.7. The van der Waals surface area contributed by atoms with Gasteiger partial charge in [0.15, 0.2) is 6.10 Å². The lowest BCUT2D eigenvalue weighted by Crippen LogP contribution is -2.30. The number of hydrogen-bond acceptors (Lipinski definition) is 6. The minimum Gasteiger partial charge on any atom is -0.462 e. The van der Waals surface area contributed by atoms with Gasteiger partial charge in [0.1, 0.15) is 13.2 Å². The Balaban J connectivity index is 4.12. The summed E-state index contributed by atoms with van der Waals surface area (Å²) in [6.45, 7) is 6.73. The Morgan fingerprint density at radius 1 is 0.232 bits per heavy atom. The van der Waals surface area contributed by atoms with Crippen LogP contribution in [0.1, 0.15) is 438 Å². The van der Waals surface area contributed by atoms with E-state index in [1.807, 2.05) is 0 Å². The first kappa shape index (κ1) is 80.2. The number of unbranched alkanes of at least 4 members (excludes halogenated alkanes) is 58. The van der Waals surface area contributed by atoms with Crippen LogP contribution in [0.2, 0.25) is 0 Å². The Kier molecular flexibility index (Phi) is 70.0. The third kappa shape index (κ3) is 68.9. The molecule has 0 aliphatic heterocycles. The summed E-state index contributed by atoms with van der Waals surface area (Å²) < 4.78 is 17.0. The van der Waals surface area contributed by atoms with Crippen LogP contribution in [-0.2, 0) is 28.6 Å². The first-order valence-corrected chi connectivity index (χ1v) is 37.7. The van der Waals surface area contributed by atoms with Crippen LogP contribution in [0, 0.1) is 0 Å². The van der Waals surface area contributed by atoms with E-state index in [0.29, 0.717) is 19.3 Å². The van der Waals surface area contributed by atoms with Crippen LogP contribution in [0.3, 0.4) is 0 Å². The number of hydrogen-bond donors (Lipinski definition) is 0. The van der Waals surface area contributed by atoms with Gasteiger partial charge < -0.3 is 14.2 Å². The van der Waals surface area contributed by atoms with Crippen LogP contribution < -0.4 is 0 Å². The standard InChI is InChI=1S/C76H146O6/c1-4-7-10-13-16-19-22-24-26-28-30-32-34-36-38-40-41-43-45-47-49-51-54-57-60-63-66-69-75(78)81-72-73(71-80-74(77)68-65-62-59-56-53-21-18-15-12-9-6-3)82-76(79)70-67-64-61-58-55-52-50-48-46-44-42-39-37-35-33-31-29-27-25-23-20-17-14-11-8-5-2/h28,30,73H,4-27,29,31-72H2,1-3H3/b30-28-. The highest BCUT2D eigenvalue weighted by Crippen LogP contribution is 2.20. The van der Waals surface area contributed by atoms with Crippen molar-refractivity contribution in [3.63, 3.8) is 0 Å². The van der Waals surface area contributed by atoms with Gasteiger partial charge in [-0.25, -0.2) is 0 Å². The second-order valence-corrected chi connectivity index (χ2v) is 25.9. The van der Waals surface area contributed by atoms with Crippen molar-refractivity contribution in [1.29, 1.82) is 0 Å². The average Bonchev–Trinajstić information content (AvgIpc) is 3.48. The van der Waals surface area contributed by atoms with Crippen molar-refractivity contribution in [3.8, 4) is 0 Å². The molecular formula is C76H146O6. The molecule has 0 rings (SSSR count). The van der Waals surface area contributed by atoms with Crippen LogP contribution in [0.4, 0.5) is 0 Å². The van der Waals surface area contributed by atoms with Crippen LogP contribution in [0.5, 0.6) is 0 Å². The Labute approximate surface area is 513 Å². The number of carbonyl (C=O) groups excluding carboxylic acids is 3. The molecule has 486 valence electrons. The van der Waals surface area contributed by atoms with Crippen LogP contribution in [0.15, 0.2) is 12.2 Å². The summed E-state index contributed by atoms with van der Waals surface area (Å²) in [5, 5.41) is 0. The van der Waals surface area contributed by atoms with E-state index in [9.17, 15) is 14.4 Å². The fourth-order valence-electron chi connectivity index (χ4n) is 11.9. The summed E-state index contributed by atoms with van der Waals surface area (Å²) in [6.07, 6.45) is 87.0. The van der Waals surface area contributed by atoms with Crippen LogP contribution in [0.25, 0.3) is 0 Å². The lowest BCUT2D eigenvalue weighted by atomic mass is 10.0. The fourth-order valence-corrected chi connectivity index (χ4v) is 11.9. The Bertz CT molecular complexity index is 1280. The average molecular weight is 1160 g/mol. The quantitative estimate of drug-likeness (QED) is 0.0261. The topological polar surface area (TPSA) is 78.9 Å². The highest BCUT2D eigenvalue weighted by atomic mass is 16.6. The second-order valence-electron chi connectivity index (χ2n) is 25.9. The maximum atomic E-state index is 13.0. The molecule has 0 aromatic rings. The van der Waals surface area contributed by atoms with Gasteiger partial charge in [-0.15, -0.1) is 0 Å². The molecule has 0 amide bonds. The molecule has 0 radical (unpaired) electrons. The lowest BCUT2D eigenvalue weighted by molar-refractivity contribution is -0.167. The van der Waals surface area contributed by atoms with Crippen molar-refractivity contribution in [3.05, 3.63) is 12.2 Å². The zero-order valence-electron chi connectivity index (χ0n) is 56.1. The van der Waals surface area contributed by atoms with E-state index >= 15 is 0 Å². The molecule has 0 aliphatic rings. The van der Waals surface area contributed by atoms with E-state index in [-0.39, 0.29) is 31.1 Å². The van der Waals surface area contributed by atoms with Gasteiger partial charge in [0.05, 0.1) is 0 Å². The summed E-state index contributed by atoms with van der Waals surface area (Å²) in [6, 6.07) is 0. The van der Waals surface area contributed by atoms with Crippen LogP contribution >= 0.6 is 0 Å². The van der Waals surface area contributed by atoms with Gasteiger partial charge in [-0.05, 0) is 44.9 Å². The van der Waals surface area contributed by atoms with E-state index in [4.69, 9.17) is 14.2 Å². The molecule has 0 N–H and O–H groups in total. The monoisotopic (exact) mass is 1160 g/mol. The van der Waals surface area contributed by atoms with Crippen molar-refractivity contribution in [2.45, 2.75) is 444 Å². The largest absolute Gasteiger partial charge is 0.462 e. The predicted octanol–water partition coefficient (Wildman–Crippen LogP) is 26.0. The molecule has 0 aromatic heterocycles. The highest BCUT2D eigenvalue weighted by Gasteiger charge is 2.20.